The highest BCUT2D eigenvalue weighted by Gasteiger charge is 2.26. The zero-order valence-corrected chi connectivity index (χ0v) is 13.0. The third-order valence-electron chi connectivity index (χ3n) is 3.56. The number of rotatable bonds is 3. The van der Waals surface area contributed by atoms with Crippen LogP contribution in [0.3, 0.4) is 0 Å². The predicted octanol–water partition coefficient (Wildman–Crippen LogP) is 4.78. The van der Waals surface area contributed by atoms with Crippen molar-refractivity contribution in [3.63, 3.8) is 0 Å². The molecule has 0 unspecified atom stereocenters. The number of nitrogens with zero attached hydrogens (tertiary/aromatic N) is 1. The first-order chi connectivity index (χ1) is 11.3. The molecule has 1 N–H and O–H groups in total. The lowest BCUT2D eigenvalue weighted by Crippen LogP contribution is -2.03. The Morgan fingerprint density at radius 2 is 1.92 bits per heavy atom. The Kier molecular flexibility index (Phi) is 4.00. The van der Waals surface area contributed by atoms with Crippen molar-refractivity contribution in [2.75, 3.05) is 0 Å². The van der Waals surface area contributed by atoms with Crippen molar-refractivity contribution in [1.82, 2.24) is 4.98 Å². The van der Waals surface area contributed by atoms with Gasteiger partial charge >= 0.3 is 5.97 Å². The van der Waals surface area contributed by atoms with Crippen LogP contribution in [-0.4, -0.2) is 16.1 Å². The second-order valence-corrected chi connectivity index (χ2v) is 6.03. The smallest absolute Gasteiger partial charge is 0.346 e. The Hall–Kier alpha value is -2.48. The largest absolute Gasteiger partial charge is 0.477 e. The number of fused-ring (bicyclic) bond motifs is 1. The standard InChI is InChI=1S/C16H9F4NO2S/c1-2-7-12(19)8(4-9(18)13(7)20)11-14-10(3-6(17)5-21-14)24-15(11)16(22)23/h3-5H,2H2,1H3,(H,22,23). The van der Waals surface area contributed by atoms with E-state index in [2.05, 4.69) is 4.98 Å². The topological polar surface area (TPSA) is 50.2 Å². The highest BCUT2D eigenvalue weighted by Crippen LogP contribution is 2.40. The van der Waals surface area contributed by atoms with Crippen LogP contribution < -0.4 is 0 Å². The number of pyridine rings is 1. The van der Waals surface area contributed by atoms with E-state index in [-0.39, 0.29) is 27.1 Å². The molecule has 2 heterocycles. The highest BCUT2D eigenvalue weighted by atomic mass is 32.1. The molecule has 0 fully saturated rings. The van der Waals surface area contributed by atoms with Crippen molar-refractivity contribution >= 4 is 27.5 Å². The van der Waals surface area contributed by atoms with Crippen LogP contribution in [0.4, 0.5) is 17.6 Å². The molecule has 0 aliphatic carbocycles. The average Bonchev–Trinajstić information content (AvgIpc) is 2.90. The molecule has 0 saturated heterocycles. The molecule has 2 aromatic heterocycles. The first-order valence-corrected chi connectivity index (χ1v) is 7.64. The number of thiophene rings is 1. The summed E-state index contributed by atoms with van der Waals surface area (Å²) < 4.78 is 55.7. The van der Waals surface area contributed by atoms with Crippen LogP contribution in [0.25, 0.3) is 21.3 Å². The fourth-order valence-electron chi connectivity index (χ4n) is 2.50. The Morgan fingerprint density at radius 1 is 1.21 bits per heavy atom. The Labute approximate surface area is 137 Å². The summed E-state index contributed by atoms with van der Waals surface area (Å²) >= 11 is 0.688. The van der Waals surface area contributed by atoms with E-state index in [0.717, 1.165) is 12.3 Å². The second kappa shape index (κ2) is 5.86. The molecule has 0 atom stereocenters. The van der Waals surface area contributed by atoms with Gasteiger partial charge in [-0.05, 0) is 18.6 Å². The summed E-state index contributed by atoms with van der Waals surface area (Å²) in [5, 5.41) is 9.34. The van der Waals surface area contributed by atoms with Crippen molar-refractivity contribution in [3.05, 3.63) is 52.0 Å². The summed E-state index contributed by atoms with van der Waals surface area (Å²) in [7, 11) is 0. The Bertz CT molecular complexity index is 984. The van der Waals surface area contributed by atoms with E-state index in [9.17, 15) is 27.5 Å². The van der Waals surface area contributed by atoms with Crippen LogP contribution in [-0.2, 0) is 6.42 Å². The SMILES string of the molecule is CCc1c(F)c(F)cc(-c2c(C(=O)O)sc3cc(F)cnc23)c1F. The first-order valence-electron chi connectivity index (χ1n) is 6.83. The molecular weight excluding hydrogens is 346 g/mol. The molecule has 3 rings (SSSR count). The van der Waals surface area contributed by atoms with E-state index in [0.29, 0.717) is 17.4 Å². The van der Waals surface area contributed by atoms with Crippen LogP contribution >= 0.6 is 11.3 Å². The number of aromatic carboxylic acids is 1. The quantitative estimate of drug-likeness (QED) is 0.543. The van der Waals surface area contributed by atoms with E-state index in [1.165, 1.54) is 6.92 Å². The van der Waals surface area contributed by atoms with Gasteiger partial charge in [0, 0.05) is 16.7 Å². The van der Waals surface area contributed by atoms with Crippen LogP contribution in [0.5, 0.6) is 0 Å². The lowest BCUT2D eigenvalue weighted by Gasteiger charge is -2.10. The number of hydrogen-bond donors (Lipinski definition) is 1. The van der Waals surface area contributed by atoms with Gasteiger partial charge < -0.3 is 5.11 Å². The maximum atomic E-state index is 14.6. The molecule has 0 radical (unpaired) electrons. The molecule has 0 aliphatic heterocycles. The molecule has 0 amide bonds. The van der Waals surface area contributed by atoms with Crippen LogP contribution in [0.15, 0.2) is 18.3 Å². The van der Waals surface area contributed by atoms with Crippen LogP contribution in [0, 0.1) is 23.3 Å². The maximum Gasteiger partial charge on any atom is 0.346 e. The first kappa shape index (κ1) is 16.4. The molecule has 124 valence electrons. The fourth-order valence-corrected chi connectivity index (χ4v) is 3.54. The van der Waals surface area contributed by atoms with Gasteiger partial charge in [-0.3, -0.25) is 4.98 Å². The molecule has 0 spiro atoms. The lowest BCUT2D eigenvalue weighted by molar-refractivity contribution is 0.0703. The molecule has 1 aromatic carbocycles. The summed E-state index contributed by atoms with van der Waals surface area (Å²) in [5.74, 6) is -5.73. The summed E-state index contributed by atoms with van der Waals surface area (Å²) in [5.41, 5.74) is -1.06. The van der Waals surface area contributed by atoms with Crippen LogP contribution in [0.2, 0.25) is 0 Å². The van der Waals surface area contributed by atoms with Gasteiger partial charge in [0.05, 0.1) is 16.4 Å². The van der Waals surface area contributed by atoms with Gasteiger partial charge in [0.15, 0.2) is 11.6 Å². The van der Waals surface area contributed by atoms with Crippen molar-refractivity contribution in [2.45, 2.75) is 13.3 Å². The summed E-state index contributed by atoms with van der Waals surface area (Å²) in [4.78, 5) is 14.9. The zero-order valence-electron chi connectivity index (χ0n) is 12.2. The Balaban J connectivity index is 2.44. The van der Waals surface area contributed by atoms with Crippen molar-refractivity contribution in [3.8, 4) is 11.1 Å². The summed E-state index contributed by atoms with van der Waals surface area (Å²) in [6.07, 6.45) is 0.734. The number of carbonyl (C=O) groups is 1. The monoisotopic (exact) mass is 355 g/mol. The van der Waals surface area contributed by atoms with Crippen LogP contribution in [0.1, 0.15) is 22.2 Å². The molecule has 3 aromatic rings. The minimum Gasteiger partial charge on any atom is -0.477 e. The van der Waals surface area contributed by atoms with Crippen molar-refractivity contribution in [2.24, 2.45) is 0 Å². The van der Waals surface area contributed by atoms with Gasteiger partial charge in [-0.2, -0.15) is 0 Å². The van der Waals surface area contributed by atoms with E-state index >= 15 is 0 Å². The summed E-state index contributed by atoms with van der Waals surface area (Å²) in [6, 6.07) is 1.66. The number of carboxylic acids is 1. The highest BCUT2D eigenvalue weighted by molar-refractivity contribution is 7.21. The minimum atomic E-state index is -1.39. The fraction of sp³-hybridized carbons (Fsp3) is 0.125. The average molecular weight is 355 g/mol. The normalized spacial score (nSPS) is 11.2. The number of carboxylic acid groups (broad SMARTS) is 1. The third kappa shape index (κ3) is 2.43. The number of hydrogen-bond acceptors (Lipinski definition) is 3. The summed E-state index contributed by atoms with van der Waals surface area (Å²) in [6.45, 7) is 1.45. The molecule has 0 aliphatic rings. The third-order valence-corrected chi connectivity index (χ3v) is 4.67. The number of aromatic nitrogens is 1. The van der Waals surface area contributed by atoms with Gasteiger partial charge in [0.1, 0.15) is 16.5 Å². The molecule has 8 heteroatoms. The molecule has 0 bridgehead atoms. The lowest BCUT2D eigenvalue weighted by atomic mass is 9.99. The number of halogens is 4. The molecule has 3 nitrogen and oxygen atoms in total. The van der Waals surface area contributed by atoms with Crippen molar-refractivity contribution < 1.29 is 27.5 Å². The molecular formula is C16H9F4NO2S. The van der Waals surface area contributed by atoms with Gasteiger partial charge in [-0.25, -0.2) is 22.4 Å². The van der Waals surface area contributed by atoms with Gasteiger partial charge in [0.25, 0.3) is 0 Å². The Morgan fingerprint density at radius 3 is 2.54 bits per heavy atom. The molecule has 0 saturated carbocycles. The van der Waals surface area contributed by atoms with E-state index in [1.807, 2.05) is 0 Å². The van der Waals surface area contributed by atoms with Gasteiger partial charge in [-0.15, -0.1) is 11.3 Å². The predicted molar refractivity (Wildman–Crippen MR) is 81.2 cm³/mol. The van der Waals surface area contributed by atoms with E-state index in [4.69, 9.17) is 0 Å². The molecule has 24 heavy (non-hydrogen) atoms. The van der Waals surface area contributed by atoms with Crippen molar-refractivity contribution in [1.29, 1.82) is 0 Å². The maximum absolute atomic E-state index is 14.6. The zero-order chi connectivity index (χ0) is 17.6. The van der Waals surface area contributed by atoms with E-state index in [1.54, 1.807) is 0 Å². The second-order valence-electron chi connectivity index (χ2n) is 4.98. The van der Waals surface area contributed by atoms with E-state index < -0.39 is 40.4 Å². The van der Waals surface area contributed by atoms with Gasteiger partial charge in [-0.1, -0.05) is 6.92 Å². The number of benzene rings is 1. The van der Waals surface area contributed by atoms with Gasteiger partial charge in [0.2, 0.25) is 0 Å². The minimum absolute atomic E-state index is 0.0192.